The standard InChI is InChI=1S/C14H21FN2O/c1-14(10-16-7-4-8-17(14)2)11-5-6-13(18-3)12(15)9-11/h5-6,9,16H,4,7-8,10H2,1-3H3. The fourth-order valence-electron chi connectivity index (χ4n) is 2.48. The lowest BCUT2D eigenvalue weighted by Crippen LogP contribution is -2.46. The van der Waals surface area contributed by atoms with Crippen LogP contribution in [-0.4, -0.2) is 38.7 Å². The van der Waals surface area contributed by atoms with E-state index >= 15 is 0 Å². The topological polar surface area (TPSA) is 24.5 Å². The molecule has 3 nitrogen and oxygen atoms in total. The molecule has 1 saturated heterocycles. The minimum Gasteiger partial charge on any atom is -0.494 e. The number of nitrogens with one attached hydrogen (secondary N) is 1. The summed E-state index contributed by atoms with van der Waals surface area (Å²) in [5.74, 6) is 0.000422. The van der Waals surface area contributed by atoms with E-state index in [1.54, 1.807) is 12.1 Å². The minimum atomic E-state index is -0.297. The molecule has 0 aliphatic carbocycles. The zero-order valence-corrected chi connectivity index (χ0v) is 11.3. The van der Waals surface area contributed by atoms with Gasteiger partial charge in [0.05, 0.1) is 12.6 Å². The van der Waals surface area contributed by atoms with E-state index in [4.69, 9.17) is 4.74 Å². The fraction of sp³-hybridized carbons (Fsp3) is 0.571. The van der Waals surface area contributed by atoms with Crippen LogP contribution in [0.4, 0.5) is 4.39 Å². The number of likely N-dealkylation sites (N-methyl/N-ethyl adjacent to an activating group) is 1. The van der Waals surface area contributed by atoms with E-state index in [1.807, 2.05) is 6.07 Å². The number of hydrogen-bond donors (Lipinski definition) is 1. The molecule has 1 fully saturated rings. The Morgan fingerprint density at radius 3 is 2.89 bits per heavy atom. The maximum absolute atomic E-state index is 13.8. The Labute approximate surface area is 108 Å². The summed E-state index contributed by atoms with van der Waals surface area (Å²) in [5, 5.41) is 3.42. The third-order valence-electron chi connectivity index (χ3n) is 3.93. The molecule has 1 atom stereocenters. The van der Waals surface area contributed by atoms with E-state index < -0.39 is 0 Å². The molecule has 100 valence electrons. The number of ether oxygens (including phenoxy) is 1. The number of methoxy groups -OCH3 is 1. The van der Waals surface area contributed by atoms with Crippen molar-refractivity contribution < 1.29 is 9.13 Å². The quantitative estimate of drug-likeness (QED) is 0.871. The maximum Gasteiger partial charge on any atom is 0.165 e. The molecule has 0 aromatic heterocycles. The van der Waals surface area contributed by atoms with Gasteiger partial charge in [0.15, 0.2) is 11.6 Å². The first-order chi connectivity index (χ1) is 8.58. The van der Waals surface area contributed by atoms with Gasteiger partial charge in [0.25, 0.3) is 0 Å². The van der Waals surface area contributed by atoms with Gasteiger partial charge in [0.1, 0.15) is 0 Å². The van der Waals surface area contributed by atoms with E-state index in [0.29, 0.717) is 5.75 Å². The molecular weight excluding hydrogens is 231 g/mol. The molecule has 1 aromatic carbocycles. The maximum atomic E-state index is 13.8. The Kier molecular flexibility index (Phi) is 3.88. The van der Waals surface area contributed by atoms with Crippen LogP contribution in [-0.2, 0) is 5.54 Å². The molecule has 1 N–H and O–H groups in total. The van der Waals surface area contributed by atoms with Crippen LogP contribution >= 0.6 is 0 Å². The van der Waals surface area contributed by atoms with Gasteiger partial charge in [-0.05, 0) is 51.2 Å². The average molecular weight is 252 g/mol. The Balaban J connectivity index is 2.35. The van der Waals surface area contributed by atoms with Crippen LogP contribution in [0.1, 0.15) is 18.9 Å². The van der Waals surface area contributed by atoms with Crippen LogP contribution in [0.15, 0.2) is 18.2 Å². The van der Waals surface area contributed by atoms with E-state index in [2.05, 4.69) is 24.2 Å². The molecule has 1 aromatic rings. The zero-order valence-electron chi connectivity index (χ0n) is 11.3. The van der Waals surface area contributed by atoms with Crippen LogP contribution in [0, 0.1) is 5.82 Å². The lowest BCUT2D eigenvalue weighted by Gasteiger charge is -2.38. The van der Waals surface area contributed by atoms with Gasteiger partial charge < -0.3 is 10.1 Å². The van der Waals surface area contributed by atoms with Gasteiger partial charge in [-0.25, -0.2) is 4.39 Å². The van der Waals surface area contributed by atoms with E-state index in [0.717, 1.165) is 31.6 Å². The highest BCUT2D eigenvalue weighted by atomic mass is 19.1. The van der Waals surface area contributed by atoms with Crippen LogP contribution in [0.2, 0.25) is 0 Å². The first-order valence-electron chi connectivity index (χ1n) is 6.34. The SMILES string of the molecule is COc1ccc(C2(C)CNCCCN2C)cc1F. The van der Waals surface area contributed by atoms with Gasteiger partial charge in [-0.3, -0.25) is 4.90 Å². The molecular formula is C14H21FN2O. The molecule has 0 radical (unpaired) electrons. The summed E-state index contributed by atoms with van der Waals surface area (Å²) in [6, 6.07) is 5.24. The molecule has 0 spiro atoms. The second-order valence-corrected chi connectivity index (χ2v) is 5.08. The van der Waals surface area contributed by atoms with Crippen LogP contribution < -0.4 is 10.1 Å². The van der Waals surface area contributed by atoms with E-state index in [9.17, 15) is 4.39 Å². The van der Waals surface area contributed by atoms with Crippen molar-refractivity contribution in [1.29, 1.82) is 0 Å². The number of benzene rings is 1. The lowest BCUT2D eigenvalue weighted by atomic mass is 9.90. The molecule has 18 heavy (non-hydrogen) atoms. The number of rotatable bonds is 2. The summed E-state index contributed by atoms with van der Waals surface area (Å²) in [6.07, 6.45) is 1.12. The molecule has 1 heterocycles. The molecule has 0 amide bonds. The lowest BCUT2D eigenvalue weighted by molar-refractivity contribution is 0.151. The molecule has 4 heteroatoms. The Bertz CT molecular complexity index is 424. The highest BCUT2D eigenvalue weighted by Crippen LogP contribution is 2.30. The van der Waals surface area contributed by atoms with Crippen molar-refractivity contribution in [3.63, 3.8) is 0 Å². The molecule has 0 bridgehead atoms. The fourth-order valence-corrected chi connectivity index (χ4v) is 2.48. The van der Waals surface area contributed by atoms with Gasteiger partial charge in [-0.1, -0.05) is 6.07 Å². The van der Waals surface area contributed by atoms with Crippen molar-refractivity contribution in [2.75, 3.05) is 33.8 Å². The molecule has 1 unspecified atom stereocenters. The van der Waals surface area contributed by atoms with Crippen molar-refractivity contribution in [2.24, 2.45) is 0 Å². The zero-order chi connectivity index (χ0) is 13.2. The first kappa shape index (κ1) is 13.3. The first-order valence-corrected chi connectivity index (χ1v) is 6.34. The summed E-state index contributed by atoms with van der Waals surface area (Å²) in [4.78, 5) is 2.29. The Morgan fingerprint density at radius 2 is 2.22 bits per heavy atom. The summed E-state index contributed by atoms with van der Waals surface area (Å²) < 4.78 is 18.8. The predicted octanol–water partition coefficient (Wildman–Crippen LogP) is 1.97. The molecule has 1 aliphatic rings. The van der Waals surface area contributed by atoms with Gasteiger partial charge in [0.2, 0.25) is 0 Å². The summed E-state index contributed by atoms with van der Waals surface area (Å²) in [6.45, 7) is 5.00. The highest BCUT2D eigenvalue weighted by Gasteiger charge is 2.32. The predicted molar refractivity (Wildman–Crippen MR) is 70.4 cm³/mol. The van der Waals surface area contributed by atoms with Crippen LogP contribution in [0.5, 0.6) is 5.75 Å². The molecule has 1 aliphatic heterocycles. The van der Waals surface area contributed by atoms with Crippen molar-refractivity contribution in [3.8, 4) is 5.75 Å². The van der Waals surface area contributed by atoms with Crippen molar-refractivity contribution >= 4 is 0 Å². The molecule has 0 saturated carbocycles. The number of nitrogens with zero attached hydrogens (tertiary/aromatic N) is 1. The number of halogens is 1. The average Bonchev–Trinajstić information content (AvgIpc) is 2.53. The number of hydrogen-bond acceptors (Lipinski definition) is 3. The van der Waals surface area contributed by atoms with Gasteiger partial charge in [0, 0.05) is 6.54 Å². The smallest absolute Gasteiger partial charge is 0.165 e. The monoisotopic (exact) mass is 252 g/mol. The summed E-state index contributed by atoms with van der Waals surface area (Å²) in [5.41, 5.74) is 0.807. The van der Waals surface area contributed by atoms with Gasteiger partial charge in [-0.15, -0.1) is 0 Å². The normalized spacial score (nSPS) is 25.8. The second kappa shape index (κ2) is 5.24. The van der Waals surface area contributed by atoms with Gasteiger partial charge in [-0.2, -0.15) is 0 Å². The summed E-state index contributed by atoms with van der Waals surface area (Å²) in [7, 11) is 3.58. The third-order valence-corrected chi connectivity index (χ3v) is 3.93. The second-order valence-electron chi connectivity index (χ2n) is 5.08. The Hall–Kier alpha value is -1.13. The van der Waals surface area contributed by atoms with E-state index in [-0.39, 0.29) is 11.4 Å². The minimum absolute atomic E-state index is 0.177. The van der Waals surface area contributed by atoms with Crippen molar-refractivity contribution in [2.45, 2.75) is 18.9 Å². The molecule has 2 rings (SSSR count). The largest absolute Gasteiger partial charge is 0.494 e. The van der Waals surface area contributed by atoms with Crippen molar-refractivity contribution in [1.82, 2.24) is 10.2 Å². The Morgan fingerprint density at radius 1 is 1.44 bits per heavy atom. The highest BCUT2D eigenvalue weighted by molar-refractivity contribution is 5.33. The van der Waals surface area contributed by atoms with Gasteiger partial charge >= 0.3 is 0 Å². The van der Waals surface area contributed by atoms with Crippen molar-refractivity contribution in [3.05, 3.63) is 29.6 Å². The van der Waals surface area contributed by atoms with Crippen LogP contribution in [0.3, 0.4) is 0 Å². The van der Waals surface area contributed by atoms with Crippen LogP contribution in [0.25, 0.3) is 0 Å². The third kappa shape index (κ3) is 2.35. The van der Waals surface area contributed by atoms with E-state index in [1.165, 1.54) is 7.11 Å². The summed E-state index contributed by atoms with van der Waals surface area (Å²) >= 11 is 0.